The summed E-state index contributed by atoms with van der Waals surface area (Å²) in [5.74, 6) is -0.816. The molecule has 0 saturated heterocycles. The Labute approximate surface area is 136 Å². The van der Waals surface area contributed by atoms with Crippen LogP contribution in [0.2, 0.25) is 0 Å². The van der Waals surface area contributed by atoms with Gasteiger partial charge in [0.15, 0.2) is 12.4 Å². The number of carboxylic acid groups (broad SMARTS) is 1. The van der Waals surface area contributed by atoms with Crippen molar-refractivity contribution in [3.63, 3.8) is 0 Å². The van der Waals surface area contributed by atoms with Crippen molar-refractivity contribution in [2.45, 2.75) is 39.2 Å². The summed E-state index contributed by atoms with van der Waals surface area (Å²) in [5, 5.41) is 8.64. The Kier molecular flexibility index (Phi) is 10.5. The molecule has 0 bridgehead atoms. The number of halogens is 1. The van der Waals surface area contributed by atoms with Crippen LogP contribution in [-0.2, 0) is 16.1 Å². The molecule has 0 radical (unpaired) electrons. The summed E-state index contributed by atoms with van der Waals surface area (Å²) in [5.41, 5.74) is 0. The predicted molar refractivity (Wildman–Crippen MR) is 75.0 cm³/mol. The average molecular weight is 359 g/mol. The molecule has 0 spiro atoms. The summed E-state index contributed by atoms with van der Waals surface area (Å²) in [7, 11) is 0. The van der Waals surface area contributed by atoms with E-state index >= 15 is 0 Å². The van der Waals surface area contributed by atoms with Gasteiger partial charge in [0.2, 0.25) is 5.91 Å². The normalized spacial score (nSPS) is 9.76. The van der Waals surface area contributed by atoms with Crippen LogP contribution in [0.5, 0.6) is 0 Å². The number of rotatable bonds is 9. The molecule has 21 heavy (non-hydrogen) atoms. The average Bonchev–Trinajstić information content (AvgIpc) is 2.45. The molecule has 1 N–H and O–H groups in total. The first kappa shape index (κ1) is 19.6. The van der Waals surface area contributed by atoms with E-state index in [1.54, 1.807) is 4.90 Å². The molecular weight excluding hydrogens is 336 g/mol. The van der Waals surface area contributed by atoms with Gasteiger partial charge in [-0.25, -0.2) is 4.57 Å². The van der Waals surface area contributed by atoms with Crippen molar-refractivity contribution in [2.24, 2.45) is 0 Å². The Hall–Kier alpha value is -1.43. The Morgan fingerprint density at radius 3 is 2.33 bits per heavy atom. The number of hydrogen-bond donors (Lipinski definition) is 1. The van der Waals surface area contributed by atoms with Crippen molar-refractivity contribution in [2.75, 3.05) is 13.1 Å². The molecule has 6 heteroatoms. The van der Waals surface area contributed by atoms with Crippen LogP contribution >= 0.6 is 0 Å². The molecule has 0 aliphatic carbocycles. The molecule has 0 aliphatic heterocycles. The van der Waals surface area contributed by atoms with E-state index in [1.807, 2.05) is 37.5 Å². The van der Waals surface area contributed by atoms with Crippen molar-refractivity contribution in [1.82, 2.24) is 4.90 Å². The lowest BCUT2D eigenvalue weighted by molar-refractivity contribution is -0.697. The third-order valence-electron chi connectivity index (χ3n) is 3.16. The lowest BCUT2D eigenvalue weighted by atomic mass is 10.2. The van der Waals surface area contributed by atoms with Crippen molar-refractivity contribution in [1.29, 1.82) is 0 Å². The molecule has 0 saturated carbocycles. The molecule has 5 nitrogen and oxygen atoms in total. The summed E-state index contributed by atoms with van der Waals surface area (Å²) < 4.78 is 2.09. The fourth-order valence-electron chi connectivity index (χ4n) is 2.00. The highest BCUT2D eigenvalue weighted by Gasteiger charge is 2.12. The van der Waals surface area contributed by atoms with E-state index in [2.05, 4.69) is 4.57 Å². The third-order valence-corrected chi connectivity index (χ3v) is 3.16. The van der Waals surface area contributed by atoms with Crippen LogP contribution in [0.25, 0.3) is 0 Å². The number of nitrogens with zero attached hydrogens (tertiary/aromatic N) is 2. The van der Waals surface area contributed by atoms with Crippen molar-refractivity contribution in [3.05, 3.63) is 30.6 Å². The predicted octanol–water partition coefficient (Wildman–Crippen LogP) is -1.53. The largest absolute Gasteiger partial charge is 1.00 e. The molecule has 1 heterocycles. The quantitative estimate of drug-likeness (QED) is 0.430. The molecule has 1 amide bonds. The van der Waals surface area contributed by atoms with Crippen LogP contribution in [0.4, 0.5) is 0 Å². The lowest BCUT2D eigenvalue weighted by Gasteiger charge is -2.19. The molecule has 1 rings (SSSR count). The van der Waals surface area contributed by atoms with E-state index in [4.69, 9.17) is 5.11 Å². The number of pyridine rings is 1. The second-order valence-electron chi connectivity index (χ2n) is 4.69. The van der Waals surface area contributed by atoms with Gasteiger partial charge >= 0.3 is 5.97 Å². The number of hydrogen-bond acceptors (Lipinski definition) is 2. The van der Waals surface area contributed by atoms with Gasteiger partial charge in [0.05, 0.1) is 6.42 Å². The maximum atomic E-state index is 11.9. The first-order valence-electron chi connectivity index (χ1n) is 7.07. The molecular formula is C15H23BrN2O3. The fourth-order valence-corrected chi connectivity index (χ4v) is 2.00. The number of unbranched alkanes of at least 4 members (excludes halogenated alkanes) is 1. The summed E-state index contributed by atoms with van der Waals surface area (Å²) >= 11 is 0. The minimum Gasteiger partial charge on any atom is -1.00 e. The third kappa shape index (κ3) is 8.45. The van der Waals surface area contributed by atoms with Gasteiger partial charge in [-0.2, -0.15) is 0 Å². The minimum absolute atomic E-state index is 0. The number of amides is 1. The van der Waals surface area contributed by atoms with E-state index in [9.17, 15) is 9.59 Å². The van der Waals surface area contributed by atoms with Crippen LogP contribution < -0.4 is 21.5 Å². The van der Waals surface area contributed by atoms with Crippen LogP contribution in [0.15, 0.2) is 30.6 Å². The van der Waals surface area contributed by atoms with Gasteiger partial charge in [-0.1, -0.05) is 6.07 Å². The second-order valence-corrected chi connectivity index (χ2v) is 4.69. The standard InChI is InChI=1S/C15H22N2O3.BrH/c1-2-17(13-9-15(19)20)14(18)8-4-7-12-16-10-5-3-6-11-16;/h3,5-6,10-11H,2,4,7-9,12-13H2,1H3;1H. The zero-order chi connectivity index (χ0) is 14.8. The van der Waals surface area contributed by atoms with Crippen LogP contribution in [-0.4, -0.2) is 35.0 Å². The summed E-state index contributed by atoms with van der Waals surface area (Å²) in [6.45, 7) is 3.65. The molecule has 0 aliphatic rings. The van der Waals surface area contributed by atoms with Gasteiger partial charge in [0, 0.05) is 38.1 Å². The SMILES string of the molecule is CCN(CCC(=O)O)C(=O)CCCC[n+]1ccccc1.[Br-]. The zero-order valence-corrected chi connectivity index (χ0v) is 14.0. The number of aliphatic carboxylic acids is 1. The zero-order valence-electron chi connectivity index (χ0n) is 12.4. The van der Waals surface area contributed by atoms with Gasteiger partial charge in [0.1, 0.15) is 6.54 Å². The van der Waals surface area contributed by atoms with Crippen molar-refractivity contribution >= 4 is 11.9 Å². The van der Waals surface area contributed by atoms with Gasteiger partial charge in [-0.05, 0) is 13.3 Å². The molecule has 0 unspecified atom stereocenters. The number of carboxylic acids is 1. The highest BCUT2D eigenvalue weighted by molar-refractivity contribution is 5.76. The smallest absolute Gasteiger partial charge is 0.305 e. The summed E-state index contributed by atoms with van der Waals surface area (Å²) in [6, 6.07) is 5.94. The van der Waals surface area contributed by atoms with Gasteiger partial charge in [0.25, 0.3) is 0 Å². The fraction of sp³-hybridized carbons (Fsp3) is 0.533. The first-order valence-corrected chi connectivity index (χ1v) is 7.07. The van der Waals surface area contributed by atoms with E-state index in [-0.39, 0.29) is 29.3 Å². The molecule has 118 valence electrons. The molecule has 0 atom stereocenters. The van der Waals surface area contributed by atoms with E-state index in [0.29, 0.717) is 19.5 Å². The van der Waals surface area contributed by atoms with Gasteiger partial charge in [-0.15, -0.1) is 0 Å². The lowest BCUT2D eigenvalue weighted by Crippen LogP contribution is -3.00. The van der Waals surface area contributed by atoms with Crippen molar-refractivity contribution in [3.8, 4) is 0 Å². The van der Waals surface area contributed by atoms with E-state index < -0.39 is 5.97 Å². The number of carbonyl (C=O) groups excluding carboxylic acids is 1. The van der Waals surface area contributed by atoms with Crippen LogP contribution in [0.1, 0.15) is 32.6 Å². The molecule has 0 aromatic carbocycles. The highest BCUT2D eigenvalue weighted by Crippen LogP contribution is 2.02. The Balaban J connectivity index is 0.00000400. The monoisotopic (exact) mass is 358 g/mol. The maximum Gasteiger partial charge on any atom is 0.305 e. The Morgan fingerprint density at radius 2 is 1.76 bits per heavy atom. The molecule has 0 fully saturated rings. The number of aryl methyl sites for hydroxylation is 1. The number of carbonyl (C=O) groups is 2. The van der Waals surface area contributed by atoms with Gasteiger partial charge in [-0.3, -0.25) is 9.59 Å². The Morgan fingerprint density at radius 1 is 1.10 bits per heavy atom. The van der Waals surface area contributed by atoms with Gasteiger partial charge < -0.3 is 27.0 Å². The van der Waals surface area contributed by atoms with Crippen LogP contribution in [0, 0.1) is 0 Å². The Bertz CT molecular complexity index is 426. The number of aromatic nitrogens is 1. The highest BCUT2D eigenvalue weighted by atomic mass is 79.9. The second kappa shape index (κ2) is 11.3. The molecule has 1 aromatic rings. The van der Waals surface area contributed by atoms with Crippen LogP contribution in [0.3, 0.4) is 0 Å². The molecule has 1 aromatic heterocycles. The van der Waals surface area contributed by atoms with Crippen molar-refractivity contribution < 1.29 is 36.2 Å². The summed E-state index contributed by atoms with van der Waals surface area (Å²) in [6.07, 6.45) is 6.28. The van der Waals surface area contributed by atoms with E-state index in [1.165, 1.54) is 0 Å². The topological polar surface area (TPSA) is 61.5 Å². The van der Waals surface area contributed by atoms with E-state index in [0.717, 1.165) is 19.4 Å². The maximum absolute atomic E-state index is 11.9. The first-order chi connectivity index (χ1) is 9.63. The minimum atomic E-state index is -0.864. The summed E-state index contributed by atoms with van der Waals surface area (Å²) in [4.78, 5) is 24.1.